The van der Waals surface area contributed by atoms with Crippen molar-refractivity contribution in [2.24, 2.45) is 0 Å². The van der Waals surface area contributed by atoms with Crippen molar-refractivity contribution in [1.29, 1.82) is 0 Å². The summed E-state index contributed by atoms with van der Waals surface area (Å²) in [7, 11) is 3.03. The molecule has 1 aliphatic carbocycles. The molecule has 0 bridgehead atoms. The van der Waals surface area contributed by atoms with Crippen LogP contribution in [-0.2, 0) is 19.7 Å². The van der Waals surface area contributed by atoms with Crippen LogP contribution in [0.3, 0.4) is 0 Å². The Balaban J connectivity index is 1.62. The maximum atomic E-state index is 13.3. The molecule has 0 spiro atoms. The number of nitrogens with zero attached hydrogens (tertiary/aromatic N) is 3. The number of anilines is 1. The number of methoxy groups -OCH3 is 2. The molecule has 4 rings (SSSR count). The number of amides is 1. The van der Waals surface area contributed by atoms with Gasteiger partial charge in [-0.3, -0.25) is 4.79 Å². The lowest BCUT2D eigenvalue weighted by Gasteiger charge is -2.18. The Morgan fingerprint density at radius 1 is 1.10 bits per heavy atom. The zero-order valence-corrected chi connectivity index (χ0v) is 21.4. The minimum absolute atomic E-state index is 0.272. The molecule has 1 amide bonds. The number of benzene rings is 2. The average Bonchev–Trinajstić information content (AvgIpc) is 3.54. The van der Waals surface area contributed by atoms with E-state index in [-0.39, 0.29) is 11.7 Å². The van der Waals surface area contributed by atoms with Crippen molar-refractivity contribution in [2.75, 3.05) is 19.5 Å². The van der Waals surface area contributed by atoms with Gasteiger partial charge in [-0.05, 0) is 78.1 Å². The number of hydrogen-bond donors (Lipinski definition) is 2. The zero-order valence-electron chi connectivity index (χ0n) is 21.4. The van der Waals surface area contributed by atoms with E-state index in [0.717, 1.165) is 11.1 Å². The van der Waals surface area contributed by atoms with Crippen LogP contribution in [0.4, 0.5) is 18.9 Å². The number of tetrazole rings is 1. The van der Waals surface area contributed by atoms with E-state index in [0.29, 0.717) is 47.0 Å². The SMILES string of the molecule is C=C/C(OC)=C(\C=C(/C)c1ccc(NC(=O)C2(c3ccc(OC(F)(F)F)cc3)CC2)cc1-c1nn[nH]n1)OC. The van der Waals surface area contributed by atoms with Crippen LogP contribution in [0.15, 0.2) is 72.7 Å². The fourth-order valence-corrected chi connectivity index (χ4v) is 4.21. The zero-order chi connectivity index (χ0) is 28.2. The summed E-state index contributed by atoms with van der Waals surface area (Å²) in [5.74, 6) is 0.613. The maximum absolute atomic E-state index is 13.3. The third kappa shape index (κ3) is 6.11. The molecule has 39 heavy (non-hydrogen) atoms. The topological polar surface area (TPSA) is 111 Å². The first-order valence-electron chi connectivity index (χ1n) is 11.8. The van der Waals surface area contributed by atoms with Crippen molar-refractivity contribution < 1.29 is 32.2 Å². The molecule has 0 unspecified atom stereocenters. The standard InChI is InChI=1S/C27H26F3N5O4/c1-5-22(37-3)23(38-4)14-16(2)20-11-8-18(15-21(20)24-32-34-35-33-24)31-25(36)26(12-13-26)17-6-9-19(10-7-17)39-27(28,29)30/h5-11,14-15H,1,12-13H2,2-4H3,(H,31,36)(H,32,33,34,35)/b16-14+,23-22-. The van der Waals surface area contributed by atoms with Crippen molar-refractivity contribution in [3.63, 3.8) is 0 Å². The second-order valence-electron chi connectivity index (χ2n) is 8.77. The van der Waals surface area contributed by atoms with E-state index in [9.17, 15) is 18.0 Å². The molecule has 1 aromatic heterocycles. The summed E-state index contributed by atoms with van der Waals surface area (Å²) in [5, 5.41) is 17.2. The van der Waals surface area contributed by atoms with Crippen LogP contribution in [0.5, 0.6) is 5.75 Å². The Hall–Kier alpha value is -4.61. The predicted molar refractivity (Wildman–Crippen MR) is 137 cm³/mol. The van der Waals surface area contributed by atoms with Gasteiger partial charge in [0, 0.05) is 11.3 Å². The number of carbonyl (C=O) groups excluding carboxylic acids is 1. The molecule has 204 valence electrons. The molecule has 9 nitrogen and oxygen atoms in total. The van der Waals surface area contributed by atoms with E-state index in [1.807, 2.05) is 13.0 Å². The van der Waals surface area contributed by atoms with Crippen molar-refractivity contribution >= 4 is 17.2 Å². The van der Waals surface area contributed by atoms with Crippen LogP contribution >= 0.6 is 0 Å². The molecule has 3 aromatic rings. The summed E-state index contributed by atoms with van der Waals surface area (Å²) in [6.45, 7) is 5.60. The van der Waals surface area contributed by atoms with Gasteiger partial charge in [-0.1, -0.05) is 24.8 Å². The highest BCUT2D eigenvalue weighted by atomic mass is 19.4. The summed E-state index contributed by atoms with van der Waals surface area (Å²) in [5.41, 5.74) is 2.41. The smallest absolute Gasteiger partial charge is 0.493 e. The highest BCUT2D eigenvalue weighted by Crippen LogP contribution is 2.49. The van der Waals surface area contributed by atoms with Crippen LogP contribution in [0.25, 0.3) is 17.0 Å². The second-order valence-corrected chi connectivity index (χ2v) is 8.77. The Morgan fingerprint density at radius 3 is 2.33 bits per heavy atom. The van der Waals surface area contributed by atoms with E-state index < -0.39 is 11.8 Å². The molecular weight excluding hydrogens is 515 g/mol. The Morgan fingerprint density at radius 2 is 1.79 bits per heavy atom. The number of carbonyl (C=O) groups is 1. The summed E-state index contributed by atoms with van der Waals surface area (Å²) in [6, 6.07) is 10.7. The first kappa shape index (κ1) is 27.4. The quantitative estimate of drug-likeness (QED) is 0.257. The number of allylic oxidation sites excluding steroid dienone is 3. The van der Waals surface area contributed by atoms with Gasteiger partial charge in [-0.15, -0.1) is 23.4 Å². The van der Waals surface area contributed by atoms with Crippen LogP contribution in [-0.4, -0.2) is 47.1 Å². The van der Waals surface area contributed by atoms with Gasteiger partial charge < -0.3 is 19.5 Å². The number of H-pyrrole nitrogens is 1. The molecule has 0 radical (unpaired) electrons. The molecule has 1 heterocycles. The fraction of sp³-hybridized carbons (Fsp3) is 0.259. The molecule has 0 atom stereocenters. The van der Waals surface area contributed by atoms with Gasteiger partial charge in [0.15, 0.2) is 11.5 Å². The van der Waals surface area contributed by atoms with Gasteiger partial charge in [0.25, 0.3) is 0 Å². The largest absolute Gasteiger partial charge is 0.573 e. The number of halogens is 3. The number of hydrogen-bond acceptors (Lipinski definition) is 7. The lowest BCUT2D eigenvalue weighted by molar-refractivity contribution is -0.274. The second kappa shape index (κ2) is 11.0. The Bertz CT molecular complexity index is 1410. The van der Waals surface area contributed by atoms with Crippen LogP contribution in [0.2, 0.25) is 0 Å². The number of alkyl halides is 3. The number of rotatable bonds is 10. The number of ether oxygens (including phenoxy) is 3. The molecule has 2 aromatic carbocycles. The highest BCUT2D eigenvalue weighted by molar-refractivity contribution is 6.02. The lowest BCUT2D eigenvalue weighted by Crippen LogP contribution is -2.27. The Labute approximate surface area is 222 Å². The van der Waals surface area contributed by atoms with E-state index in [1.165, 1.54) is 44.6 Å². The molecule has 2 N–H and O–H groups in total. The van der Waals surface area contributed by atoms with Gasteiger partial charge >= 0.3 is 6.36 Å². The predicted octanol–water partition coefficient (Wildman–Crippen LogP) is 5.53. The summed E-state index contributed by atoms with van der Waals surface area (Å²) in [4.78, 5) is 13.3. The van der Waals surface area contributed by atoms with Gasteiger partial charge in [0.2, 0.25) is 11.7 Å². The third-order valence-corrected chi connectivity index (χ3v) is 6.33. The molecule has 1 aliphatic rings. The van der Waals surface area contributed by atoms with Gasteiger partial charge in [-0.2, -0.15) is 5.21 Å². The summed E-state index contributed by atoms with van der Waals surface area (Å²) >= 11 is 0. The summed E-state index contributed by atoms with van der Waals surface area (Å²) < 4.78 is 52.2. The molecule has 1 saturated carbocycles. The Kier molecular flexibility index (Phi) is 7.75. The van der Waals surface area contributed by atoms with Gasteiger partial charge in [0.1, 0.15) is 5.75 Å². The first-order chi connectivity index (χ1) is 18.6. The first-order valence-corrected chi connectivity index (χ1v) is 11.8. The fourth-order valence-electron chi connectivity index (χ4n) is 4.21. The molecule has 1 fully saturated rings. The molecule has 0 aliphatic heterocycles. The van der Waals surface area contributed by atoms with Crippen molar-refractivity contribution in [3.8, 4) is 17.1 Å². The summed E-state index contributed by atoms with van der Waals surface area (Å²) in [6.07, 6.45) is -0.346. The average molecular weight is 542 g/mol. The van der Waals surface area contributed by atoms with Crippen molar-refractivity contribution in [3.05, 3.63) is 83.8 Å². The molecule has 0 saturated heterocycles. The van der Waals surface area contributed by atoms with Crippen LogP contribution in [0, 0.1) is 0 Å². The van der Waals surface area contributed by atoms with E-state index >= 15 is 0 Å². The number of aromatic nitrogens is 4. The van der Waals surface area contributed by atoms with E-state index in [4.69, 9.17) is 9.47 Å². The van der Waals surface area contributed by atoms with E-state index in [2.05, 4.69) is 37.3 Å². The molecule has 12 heteroatoms. The minimum atomic E-state index is -4.79. The monoisotopic (exact) mass is 541 g/mol. The van der Waals surface area contributed by atoms with Gasteiger partial charge in [-0.25, -0.2) is 0 Å². The number of nitrogens with one attached hydrogen (secondary N) is 2. The van der Waals surface area contributed by atoms with Crippen LogP contribution < -0.4 is 10.1 Å². The minimum Gasteiger partial charge on any atom is -0.493 e. The van der Waals surface area contributed by atoms with Crippen molar-refractivity contribution in [1.82, 2.24) is 20.6 Å². The normalized spacial score (nSPS) is 15.2. The third-order valence-electron chi connectivity index (χ3n) is 6.33. The number of aromatic amines is 1. The maximum Gasteiger partial charge on any atom is 0.573 e. The van der Waals surface area contributed by atoms with E-state index in [1.54, 1.807) is 18.2 Å². The van der Waals surface area contributed by atoms with Gasteiger partial charge in [0.05, 0.1) is 19.6 Å². The van der Waals surface area contributed by atoms with Crippen molar-refractivity contribution in [2.45, 2.75) is 31.5 Å². The van der Waals surface area contributed by atoms with Crippen LogP contribution in [0.1, 0.15) is 30.9 Å². The highest BCUT2D eigenvalue weighted by Gasteiger charge is 2.51. The molecular formula is C27H26F3N5O4. The lowest BCUT2D eigenvalue weighted by atomic mass is 9.94.